The van der Waals surface area contributed by atoms with E-state index in [1.807, 2.05) is 41.9 Å². The number of phenols is 1. The Kier molecular flexibility index (Phi) is 3.82. The van der Waals surface area contributed by atoms with Crippen LogP contribution in [0.15, 0.2) is 59.4 Å². The lowest BCUT2D eigenvalue weighted by Crippen LogP contribution is -2.11. The molecule has 0 spiro atoms. The summed E-state index contributed by atoms with van der Waals surface area (Å²) in [6.45, 7) is 1.93. The molecule has 3 heterocycles. The summed E-state index contributed by atoms with van der Waals surface area (Å²) < 4.78 is 1.95. The Balaban J connectivity index is 2.01. The molecule has 3 N–H and O–H groups in total. The van der Waals surface area contributed by atoms with E-state index in [1.54, 1.807) is 24.3 Å². The van der Waals surface area contributed by atoms with Crippen LogP contribution in [-0.4, -0.2) is 29.8 Å². The highest BCUT2D eigenvalue weighted by Gasteiger charge is 2.20. The summed E-state index contributed by atoms with van der Waals surface area (Å²) >= 11 is 5.10. The van der Waals surface area contributed by atoms with Crippen LogP contribution in [0, 0.1) is 11.7 Å². The number of nitrogens with one attached hydrogen (secondary N) is 2. The zero-order chi connectivity index (χ0) is 20.1. The van der Waals surface area contributed by atoms with Crippen molar-refractivity contribution < 1.29 is 5.11 Å². The quantitative estimate of drug-likeness (QED) is 0.388. The van der Waals surface area contributed by atoms with Gasteiger partial charge in [-0.2, -0.15) is 4.98 Å². The van der Waals surface area contributed by atoms with Gasteiger partial charge in [-0.3, -0.25) is 14.9 Å². The SMILES string of the molecule is Cc1[nH]n(-c2ccccc2)c2nc3nc(=S)[nH]c(=O)c3c(-c3ccc(O)cc3)c12. The van der Waals surface area contributed by atoms with Gasteiger partial charge in [-0.05, 0) is 49.0 Å². The van der Waals surface area contributed by atoms with Gasteiger partial charge in [0.15, 0.2) is 11.3 Å². The number of para-hydroxylation sites is 1. The van der Waals surface area contributed by atoms with E-state index in [0.29, 0.717) is 16.6 Å². The van der Waals surface area contributed by atoms with E-state index in [2.05, 4.69) is 20.1 Å². The molecule has 5 rings (SSSR count). The lowest BCUT2D eigenvalue weighted by molar-refractivity contribution is 0.475. The van der Waals surface area contributed by atoms with Crippen molar-refractivity contribution in [1.82, 2.24) is 24.7 Å². The molecule has 0 aliphatic rings. The number of pyridine rings is 1. The van der Waals surface area contributed by atoms with Crippen LogP contribution in [0.25, 0.3) is 38.9 Å². The maximum absolute atomic E-state index is 12.8. The van der Waals surface area contributed by atoms with Gasteiger partial charge in [-0.15, -0.1) is 0 Å². The minimum atomic E-state index is -0.343. The van der Waals surface area contributed by atoms with Crippen LogP contribution in [0.5, 0.6) is 5.75 Å². The zero-order valence-corrected chi connectivity index (χ0v) is 16.1. The second kappa shape index (κ2) is 6.39. The highest BCUT2D eigenvalue weighted by molar-refractivity contribution is 7.71. The van der Waals surface area contributed by atoms with Crippen molar-refractivity contribution in [3.05, 3.63) is 75.4 Å². The highest BCUT2D eigenvalue weighted by atomic mass is 32.1. The third kappa shape index (κ3) is 2.73. The minimum Gasteiger partial charge on any atom is -0.508 e. The number of nitrogens with zero attached hydrogens (tertiary/aromatic N) is 3. The third-order valence-electron chi connectivity index (χ3n) is 4.85. The van der Waals surface area contributed by atoms with Gasteiger partial charge < -0.3 is 5.11 Å². The smallest absolute Gasteiger partial charge is 0.261 e. The van der Waals surface area contributed by atoms with E-state index < -0.39 is 0 Å². The highest BCUT2D eigenvalue weighted by Crippen LogP contribution is 2.35. The topological polar surface area (TPSA) is 99.6 Å². The molecule has 3 aromatic heterocycles. The Bertz CT molecular complexity index is 1500. The molecule has 0 atom stereocenters. The fourth-order valence-electron chi connectivity index (χ4n) is 3.61. The lowest BCUT2D eigenvalue weighted by atomic mass is 9.99. The van der Waals surface area contributed by atoms with Gasteiger partial charge in [0.2, 0.25) is 4.77 Å². The minimum absolute atomic E-state index is 0.0875. The normalized spacial score (nSPS) is 11.3. The van der Waals surface area contributed by atoms with Crippen molar-refractivity contribution in [2.24, 2.45) is 0 Å². The molecule has 0 unspecified atom stereocenters. The second-order valence-electron chi connectivity index (χ2n) is 6.71. The molecule has 142 valence electrons. The summed E-state index contributed by atoms with van der Waals surface area (Å²) in [6, 6.07) is 16.5. The summed E-state index contributed by atoms with van der Waals surface area (Å²) in [5, 5.41) is 14.2. The van der Waals surface area contributed by atoms with E-state index >= 15 is 0 Å². The molecule has 8 heteroatoms. The van der Waals surface area contributed by atoms with E-state index in [4.69, 9.17) is 12.2 Å². The first-order valence-electron chi connectivity index (χ1n) is 8.93. The van der Waals surface area contributed by atoms with Crippen LogP contribution >= 0.6 is 12.2 Å². The van der Waals surface area contributed by atoms with Crippen LogP contribution in [0.1, 0.15) is 5.69 Å². The molecule has 0 saturated carbocycles. The maximum atomic E-state index is 12.8. The number of aromatic amines is 2. The fourth-order valence-corrected chi connectivity index (χ4v) is 3.79. The molecular formula is C21H15N5O2S. The van der Waals surface area contributed by atoms with Crippen molar-refractivity contribution in [3.8, 4) is 22.6 Å². The molecule has 2 aromatic carbocycles. The van der Waals surface area contributed by atoms with E-state index in [1.165, 1.54) is 0 Å². The lowest BCUT2D eigenvalue weighted by Gasteiger charge is -2.09. The predicted molar refractivity (Wildman–Crippen MR) is 114 cm³/mol. The predicted octanol–water partition coefficient (Wildman–Crippen LogP) is 4.00. The van der Waals surface area contributed by atoms with Gasteiger partial charge in [-0.1, -0.05) is 30.3 Å². The van der Waals surface area contributed by atoms with Gasteiger partial charge in [0.25, 0.3) is 5.56 Å². The van der Waals surface area contributed by atoms with Crippen LogP contribution in [0.4, 0.5) is 0 Å². The Morgan fingerprint density at radius 3 is 2.45 bits per heavy atom. The van der Waals surface area contributed by atoms with Crippen LogP contribution < -0.4 is 5.56 Å². The number of phenolic OH excluding ortho intramolecular Hbond substituents is 1. The molecule has 0 fully saturated rings. The number of H-pyrrole nitrogens is 2. The first-order chi connectivity index (χ1) is 14.0. The van der Waals surface area contributed by atoms with Crippen molar-refractivity contribution in [3.63, 3.8) is 0 Å². The van der Waals surface area contributed by atoms with Crippen molar-refractivity contribution in [2.45, 2.75) is 6.92 Å². The Hall–Kier alpha value is -3.78. The molecule has 0 aliphatic carbocycles. The number of aryl methyl sites for hydroxylation is 1. The first kappa shape index (κ1) is 17.3. The summed E-state index contributed by atoms with van der Waals surface area (Å²) in [4.78, 5) is 24.4. The maximum Gasteiger partial charge on any atom is 0.261 e. The van der Waals surface area contributed by atoms with Crippen molar-refractivity contribution in [2.75, 3.05) is 0 Å². The van der Waals surface area contributed by atoms with Crippen molar-refractivity contribution in [1.29, 1.82) is 0 Å². The largest absolute Gasteiger partial charge is 0.508 e. The monoisotopic (exact) mass is 401 g/mol. The molecular weight excluding hydrogens is 386 g/mol. The number of aromatic hydroxyl groups is 1. The number of hydrogen-bond acceptors (Lipinski definition) is 5. The van der Waals surface area contributed by atoms with Gasteiger partial charge in [0.05, 0.1) is 11.1 Å². The number of benzene rings is 2. The van der Waals surface area contributed by atoms with Gasteiger partial charge in [0.1, 0.15) is 5.75 Å². The molecule has 7 nitrogen and oxygen atoms in total. The Labute approximate surface area is 169 Å². The molecule has 0 bridgehead atoms. The molecule has 0 aliphatic heterocycles. The summed E-state index contributed by atoms with van der Waals surface area (Å²) in [6.07, 6.45) is 0. The van der Waals surface area contributed by atoms with Gasteiger partial charge in [-0.25, -0.2) is 9.67 Å². The first-order valence-corrected chi connectivity index (χ1v) is 9.34. The number of rotatable bonds is 2. The van der Waals surface area contributed by atoms with Crippen LogP contribution in [-0.2, 0) is 0 Å². The van der Waals surface area contributed by atoms with E-state index in [9.17, 15) is 9.90 Å². The Morgan fingerprint density at radius 2 is 1.72 bits per heavy atom. The van der Waals surface area contributed by atoms with E-state index in [0.717, 1.165) is 22.3 Å². The Morgan fingerprint density at radius 1 is 1.00 bits per heavy atom. The fraction of sp³-hybridized carbons (Fsp3) is 0.0476. The average molecular weight is 401 g/mol. The van der Waals surface area contributed by atoms with Crippen LogP contribution in [0.2, 0.25) is 0 Å². The van der Waals surface area contributed by atoms with Crippen LogP contribution in [0.3, 0.4) is 0 Å². The molecule has 0 radical (unpaired) electrons. The van der Waals surface area contributed by atoms with Gasteiger partial charge in [0, 0.05) is 16.6 Å². The summed E-state index contributed by atoms with van der Waals surface area (Å²) in [5.74, 6) is 0.147. The zero-order valence-electron chi connectivity index (χ0n) is 15.3. The number of fused-ring (bicyclic) bond motifs is 2. The average Bonchev–Trinajstić information content (AvgIpc) is 3.04. The van der Waals surface area contributed by atoms with Gasteiger partial charge >= 0.3 is 0 Å². The number of aromatic nitrogens is 5. The van der Waals surface area contributed by atoms with Crippen molar-refractivity contribution >= 4 is 34.3 Å². The summed E-state index contributed by atoms with van der Waals surface area (Å²) in [7, 11) is 0. The molecule has 0 saturated heterocycles. The third-order valence-corrected chi connectivity index (χ3v) is 5.04. The number of hydrogen-bond donors (Lipinski definition) is 3. The van der Waals surface area contributed by atoms with E-state index in [-0.39, 0.29) is 21.7 Å². The molecule has 0 amide bonds. The summed E-state index contributed by atoms with van der Waals surface area (Å²) in [5.41, 5.74) is 3.78. The second-order valence-corrected chi connectivity index (χ2v) is 7.10. The molecule has 29 heavy (non-hydrogen) atoms. The standard InChI is InChI=1S/C21H15N5O2S/c1-11-15-16(12-7-9-14(27)10-8-12)17-18(23-21(29)24-20(17)28)22-19(15)26(25-11)13-5-3-2-4-6-13/h2-10,25,27H,1H3,(H,24,28,29). The molecule has 5 aromatic rings.